The Balaban J connectivity index is 1.83. The van der Waals surface area contributed by atoms with Crippen LogP contribution in [0, 0.1) is 6.92 Å². The SMILES string of the molecule is Cc1noc(C(C)Sc2nc3ccccc3[nH]2)n1. The first-order valence-corrected chi connectivity index (χ1v) is 6.52. The van der Waals surface area contributed by atoms with Gasteiger partial charge in [0.2, 0.25) is 5.89 Å². The third-order valence-corrected chi connectivity index (χ3v) is 3.52. The van der Waals surface area contributed by atoms with Gasteiger partial charge in [0.1, 0.15) is 0 Å². The van der Waals surface area contributed by atoms with Gasteiger partial charge < -0.3 is 9.51 Å². The highest BCUT2D eigenvalue weighted by molar-refractivity contribution is 7.99. The van der Waals surface area contributed by atoms with Gasteiger partial charge in [0, 0.05) is 0 Å². The molecule has 0 aliphatic heterocycles. The monoisotopic (exact) mass is 260 g/mol. The van der Waals surface area contributed by atoms with Gasteiger partial charge in [-0.3, -0.25) is 0 Å². The summed E-state index contributed by atoms with van der Waals surface area (Å²) in [5, 5.41) is 4.73. The van der Waals surface area contributed by atoms with Crippen LogP contribution in [0.1, 0.15) is 23.9 Å². The highest BCUT2D eigenvalue weighted by Crippen LogP contribution is 2.32. The van der Waals surface area contributed by atoms with Gasteiger partial charge in [-0.25, -0.2) is 4.98 Å². The molecule has 0 aliphatic carbocycles. The molecular formula is C12H12N4OS. The zero-order valence-corrected chi connectivity index (χ0v) is 10.9. The standard InChI is InChI=1S/C12H12N4OS/c1-7(11-13-8(2)16-17-11)18-12-14-9-5-3-4-6-10(9)15-12/h3-7H,1-2H3,(H,14,15). The summed E-state index contributed by atoms with van der Waals surface area (Å²) in [6.45, 7) is 3.83. The number of fused-ring (bicyclic) bond motifs is 1. The average Bonchev–Trinajstić information content (AvgIpc) is 2.94. The van der Waals surface area contributed by atoms with Crippen LogP contribution in [0.5, 0.6) is 0 Å². The van der Waals surface area contributed by atoms with Crippen molar-refractivity contribution < 1.29 is 4.52 Å². The van der Waals surface area contributed by atoms with Crippen molar-refractivity contribution in [2.45, 2.75) is 24.3 Å². The van der Waals surface area contributed by atoms with E-state index in [0.717, 1.165) is 16.2 Å². The molecule has 6 heteroatoms. The lowest BCUT2D eigenvalue weighted by Crippen LogP contribution is -1.89. The fourth-order valence-corrected chi connectivity index (χ4v) is 2.53. The predicted molar refractivity (Wildman–Crippen MR) is 69.4 cm³/mol. The molecule has 5 nitrogen and oxygen atoms in total. The van der Waals surface area contributed by atoms with Crippen LogP contribution >= 0.6 is 11.8 Å². The fourth-order valence-electron chi connectivity index (χ4n) is 1.68. The summed E-state index contributed by atoms with van der Waals surface area (Å²) in [6, 6.07) is 7.95. The van der Waals surface area contributed by atoms with Crippen LogP contribution in [0.4, 0.5) is 0 Å². The van der Waals surface area contributed by atoms with E-state index in [4.69, 9.17) is 4.52 Å². The number of thioether (sulfide) groups is 1. The number of rotatable bonds is 3. The average molecular weight is 260 g/mol. The number of aromatic amines is 1. The van der Waals surface area contributed by atoms with Crippen molar-refractivity contribution in [3.63, 3.8) is 0 Å². The molecule has 0 fully saturated rings. The van der Waals surface area contributed by atoms with Crippen LogP contribution < -0.4 is 0 Å². The summed E-state index contributed by atoms with van der Waals surface area (Å²) in [5.41, 5.74) is 2.00. The molecule has 18 heavy (non-hydrogen) atoms. The lowest BCUT2D eigenvalue weighted by Gasteiger charge is -2.01. The highest BCUT2D eigenvalue weighted by Gasteiger charge is 2.16. The largest absolute Gasteiger partial charge is 0.338 e. The summed E-state index contributed by atoms with van der Waals surface area (Å²) < 4.78 is 5.15. The number of benzene rings is 1. The van der Waals surface area contributed by atoms with E-state index in [1.807, 2.05) is 38.1 Å². The highest BCUT2D eigenvalue weighted by atomic mass is 32.2. The molecule has 0 radical (unpaired) electrons. The first-order valence-electron chi connectivity index (χ1n) is 5.64. The Kier molecular flexibility index (Phi) is 2.79. The molecule has 3 rings (SSSR count). The van der Waals surface area contributed by atoms with Crippen LogP contribution in [-0.2, 0) is 0 Å². The number of nitrogens with one attached hydrogen (secondary N) is 1. The van der Waals surface area contributed by atoms with Gasteiger partial charge in [-0.05, 0) is 26.0 Å². The Morgan fingerprint density at radius 1 is 1.28 bits per heavy atom. The predicted octanol–water partition coefficient (Wildman–Crippen LogP) is 3.11. The summed E-state index contributed by atoms with van der Waals surface area (Å²) >= 11 is 1.57. The lowest BCUT2D eigenvalue weighted by molar-refractivity contribution is 0.376. The number of nitrogens with zero attached hydrogens (tertiary/aromatic N) is 3. The molecule has 0 saturated heterocycles. The number of H-pyrrole nitrogens is 1. The second kappa shape index (κ2) is 4.45. The number of imidazole rings is 1. The smallest absolute Gasteiger partial charge is 0.239 e. The molecule has 0 saturated carbocycles. The normalized spacial score (nSPS) is 13.0. The Hall–Kier alpha value is -1.82. The summed E-state index contributed by atoms with van der Waals surface area (Å²) in [4.78, 5) is 12.0. The molecule has 0 amide bonds. The molecule has 1 N–H and O–H groups in total. The van der Waals surface area contributed by atoms with Gasteiger partial charge in [-0.2, -0.15) is 4.98 Å². The fraction of sp³-hybridized carbons (Fsp3) is 0.250. The maximum atomic E-state index is 5.15. The van der Waals surface area contributed by atoms with Crippen LogP contribution in [-0.4, -0.2) is 20.1 Å². The van der Waals surface area contributed by atoms with E-state index < -0.39 is 0 Å². The van der Waals surface area contributed by atoms with E-state index in [-0.39, 0.29) is 5.25 Å². The molecule has 3 aromatic rings. The lowest BCUT2D eigenvalue weighted by atomic mass is 10.3. The number of hydrogen-bond donors (Lipinski definition) is 1. The first kappa shape index (κ1) is 11.3. The molecule has 0 bridgehead atoms. The van der Waals surface area contributed by atoms with Crippen molar-refractivity contribution in [1.29, 1.82) is 0 Å². The van der Waals surface area contributed by atoms with Crippen molar-refractivity contribution >= 4 is 22.8 Å². The number of aryl methyl sites for hydroxylation is 1. The molecule has 0 spiro atoms. The summed E-state index contributed by atoms with van der Waals surface area (Å²) in [5.74, 6) is 1.28. The molecule has 2 heterocycles. The minimum Gasteiger partial charge on any atom is -0.338 e. The van der Waals surface area contributed by atoms with Crippen molar-refractivity contribution in [3.8, 4) is 0 Å². The molecular weight excluding hydrogens is 248 g/mol. The Labute approximate surface area is 108 Å². The van der Waals surface area contributed by atoms with Crippen LogP contribution in [0.15, 0.2) is 33.9 Å². The van der Waals surface area contributed by atoms with Gasteiger partial charge in [0.15, 0.2) is 11.0 Å². The van der Waals surface area contributed by atoms with Crippen molar-refractivity contribution in [2.75, 3.05) is 0 Å². The van der Waals surface area contributed by atoms with E-state index >= 15 is 0 Å². The Bertz CT molecular complexity index is 642. The zero-order valence-electron chi connectivity index (χ0n) is 10.0. The molecule has 0 aliphatic rings. The van der Waals surface area contributed by atoms with Gasteiger partial charge in [0.25, 0.3) is 0 Å². The van der Waals surface area contributed by atoms with Gasteiger partial charge in [-0.1, -0.05) is 29.1 Å². The Morgan fingerprint density at radius 3 is 2.83 bits per heavy atom. The number of hydrogen-bond acceptors (Lipinski definition) is 5. The first-order chi connectivity index (χ1) is 8.72. The van der Waals surface area contributed by atoms with Gasteiger partial charge in [-0.15, -0.1) is 0 Å². The van der Waals surface area contributed by atoms with Crippen molar-refractivity contribution in [1.82, 2.24) is 20.1 Å². The maximum Gasteiger partial charge on any atom is 0.239 e. The van der Waals surface area contributed by atoms with E-state index in [2.05, 4.69) is 20.1 Å². The Morgan fingerprint density at radius 2 is 2.11 bits per heavy atom. The van der Waals surface area contributed by atoms with Gasteiger partial charge >= 0.3 is 0 Å². The third kappa shape index (κ3) is 2.11. The molecule has 2 aromatic heterocycles. The van der Waals surface area contributed by atoms with E-state index in [9.17, 15) is 0 Å². The maximum absolute atomic E-state index is 5.15. The van der Waals surface area contributed by atoms with Crippen molar-refractivity contribution in [3.05, 3.63) is 36.0 Å². The molecule has 1 unspecified atom stereocenters. The van der Waals surface area contributed by atoms with Crippen LogP contribution in [0.2, 0.25) is 0 Å². The zero-order chi connectivity index (χ0) is 12.5. The van der Waals surface area contributed by atoms with E-state index in [1.54, 1.807) is 11.8 Å². The molecule has 92 valence electrons. The quantitative estimate of drug-likeness (QED) is 0.733. The summed E-state index contributed by atoms with van der Waals surface area (Å²) in [7, 11) is 0. The van der Waals surface area contributed by atoms with E-state index in [0.29, 0.717) is 11.7 Å². The minimum atomic E-state index is 0.0757. The van der Waals surface area contributed by atoms with Crippen LogP contribution in [0.3, 0.4) is 0 Å². The van der Waals surface area contributed by atoms with Crippen molar-refractivity contribution in [2.24, 2.45) is 0 Å². The molecule has 1 atom stereocenters. The number of para-hydroxylation sites is 2. The van der Waals surface area contributed by atoms with Crippen LogP contribution in [0.25, 0.3) is 11.0 Å². The van der Waals surface area contributed by atoms with E-state index in [1.165, 1.54) is 0 Å². The second-order valence-electron chi connectivity index (χ2n) is 4.00. The summed E-state index contributed by atoms with van der Waals surface area (Å²) in [6.07, 6.45) is 0. The number of aromatic nitrogens is 4. The third-order valence-electron chi connectivity index (χ3n) is 2.55. The minimum absolute atomic E-state index is 0.0757. The molecule has 1 aromatic carbocycles. The topological polar surface area (TPSA) is 67.6 Å². The van der Waals surface area contributed by atoms with Gasteiger partial charge in [0.05, 0.1) is 16.3 Å². The second-order valence-corrected chi connectivity index (χ2v) is 5.33.